The summed E-state index contributed by atoms with van der Waals surface area (Å²) >= 11 is 12.1. The monoisotopic (exact) mass is 350 g/mol. The number of ketones is 1. The Bertz CT molecular complexity index is 791. The van der Waals surface area contributed by atoms with E-state index in [4.69, 9.17) is 23.2 Å². The second-order valence-corrected chi connectivity index (χ2v) is 6.64. The summed E-state index contributed by atoms with van der Waals surface area (Å²) < 4.78 is 1.88. The van der Waals surface area contributed by atoms with Crippen LogP contribution in [0, 0.1) is 5.92 Å². The van der Waals surface area contributed by atoms with Gasteiger partial charge in [0, 0.05) is 42.5 Å². The Labute approximate surface area is 144 Å². The van der Waals surface area contributed by atoms with E-state index < -0.39 is 0 Å². The van der Waals surface area contributed by atoms with E-state index in [0.717, 1.165) is 10.9 Å². The summed E-state index contributed by atoms with van der Waals surface area (Å²) in [7, 11) is 0. The first-order valence-corrected chi connectivity index (χ1v) is 8.10. The van der Waals surface area contributed by atoms with E-state index in [1.807, 2.05) is 16.8 Å². The van der Waals surface area contributed by atoms with Gasteiger partial charge >= 0.3 is 0 Å². The summed E-state index contributed by atoms with van der Waals surface area (Å²) in [5.41, 5.74) is 0.893. The number of rotatable bonds is 5. The lowest BCUT2D eigenvalue weighted by Gasteiger charge is -2.38. The maximum Gasteiger partial charge on any atom is 0.245 e. The van der Waals surface area contributed by atoms with Crippen molar-refractivity contribution in [1.82, 2.24) is 9.47 Å². The molecule has 1 amide bonds. The third-order valence-corrected chi connectivity index (χ3v) is 4.84. The van der Waals surface area contributed by atoms with Crippen LogP contribution in [-0.2, 0) is 16.1 Å². The van der Waals surface area contributed by atoms with Gasteiger partial charge in [0.2, 0.25) is 5.91 Å². The first kappa shape index (κ1) is 16.1. The highest BCUT2D eigenvalue weighted by molar-refractivity contribution is 6.42. The Kier molecular flexibility index (Phi) is 4.46. The molecule has 4 nitrogen and oxygen atoms in total. The van der Waals surface area contributed by atoms with Crippen LogP contribution in [0.4, 0.5) is 0 Å². The zero-order valence-corrected chi connectivity index (χ0v) is 14.0. The van der Waals surface area contributed by atoms with Crippen LogP contribution in [0.1, 0.15) is 6.42 Å². The minimum absolute atomic E-state index is 0.0726. The van der Waals surface area contributed by atoms with E-state index in [1.54, 1.807) is 17.0 Å². The lowest BCUT2D eigenvalue weighted by atomic mass is 9.94. The number of amides is 1. The minimum atomic E-state index is -0.0726. The standard InChI is InChI=1S/C17H16Cl2N2O2/c1-2-17(23)21-8-11(9-21)5-13(22)10-20-4-3-12-6-14(18)15(19)7-16(12)20/h2-4,6-7,11H,1,5,8-10H2. The van der Waals surface area contributed by atoms with E-state index >= 15 is 0 Å². The highest BCUT2D eigenvalue weighted by atomic mass is 35.5. The molecular formula is C17H16Cl2N2O2. The minimum Gasteiger partial charge on any atom is -0.340 e. The summed E-state index contributed by atoms with van der Waals surface area (Å²) in [4.78, 5) is 25.3. The molecule has 2 aromatic rings. The largest absolute Gasteiger partial charge is 0.340 e. The molecule has 0 spiro atoms. The van der Waals surface area contributed by atoms with Gasteiger partial charge in [-0.15, -0.1) is 0 Å². The van der Waals surface area contributed by atoms with Crippen LogP contribution in [0.15, 0.2) is 37.1 Å². The van der Waals surface area contributed by atoms with E-state index in [1.165, 1.54) is 6.08 Å². The lowest BCUT2D eigenvalue weighted by Crippen LogP contribution is -2.50. The Morgan fingerprint density at radius 2 is 1.96 bits per heavy atom. The van der Waals surface area contributed by atoms with Crippen molar-refractivity contribution in [3.63, 3.8) is 0 Å². The molecular weight excluding hydrogens is 335 g/mol. The second kappa shape index (κ2) is 6.38. The zero-order valence-electron chi connectivity index (χ0n) is 12.5. The molecule has 0 unspecified atom stereocenters. The number of hydrogen-bond donors (Lipinski definition) is 0. The van der Waals surface area contributed by atoms with Crippen molar-refractivity contribution >= 4 is 45.8 Å². The molecule has 6 heteroatoms. The predicted octanol–water partition coefficient (Wildman–Crippen LogP) is 3.55. The molecule has 0 radical (unpaired) electrons. The Morgan fingerprint density at radius 1 is 1.26 bits per heavy atom. The third-order valence-electron chi connectivity index (χ3n) is 4.12. The number of likely N-dealkylation sites (tertiary alicyclic amines) is 1. The molecule has 1 aliphatic heterocycles. The molecule has 0 N–H and O–H groups in total. The Morgan fingerprint density at radius 3 is 2.65 bits per heavy atom. The van der Waals surface area contributed by atoms with Crippen LogP contribution in [0.3, 0.4) is 0 Å². The van der Waals surface area contributed by atoms with Gasteiger partial charge < -0.3 is 9.47 Å². The molecule has 0 aliphatic carbocycles. The van der Waals surface area contributed by atoms with Crippen LogP contribution in [0.2, 0.25) is 10.0 Å². The maximum atomic E-state index is 12.3. The summed E-state index contributed by atoms with van der Waals surface area (Å²) in [6, 6.07) is 5.49. The molecule has 0 saturated carbocycles. The summed E-state index contributed by atoms with van der Waals surface area (Å²) in [5.74, 6) is 0.312. The first-order valence-electron chi connectivity index (χ1n) is 7.35. The molecule has 2 heterocycles. The van der Waals surface area contributed by atoms with Crippen LogP contribution in [-0.4, -0.2) is 34.2 Å². The maximum absolute atomic E-state index is 12.3. The topological polar surface area (TPSA) is 42.3 Å². The van der Waals surface area contributed by atoms with E-state index in [0.29, 0.717) is 36.1 Å². The quantitative estimate of drug-likeness (QED) is 0.773. The van der Waals surface area contributed by atoms with Gasteiger partial charge in [0.25, 0.3) is 0 Å². The molecule has 1 aromatic heterocycles. The number of fused-ring (bicyclic) bond motifs is 1. The van der Waals surface area contributed by atoms with Gasteiger partial charge in [-0.3, -0.25) is 9.59 Å². The van der Waals surface area contributed by atoms with Gasteiger partial charge in [-0.05, 0) is 24.3 Å². The number of aromatic nitrogens is 1. The van der Waals surface area contributed by atoms with Crippen molar-refractivity contribution in [2.75, 3.05) is 13.1 Å². The number of carbonyl (C=O) groups is 2. The van der Waals surface area contributed by atoms with Gasteiger partial charge in [0.05, 0.1) is 16.6 Å². The van der Waals surface area contributed by atoms with Crippen LogP contribution < -0.4 is 0 Å². The fourth-order valence-corrected chi connectivity index (χ4v) is 3.24. The third kappa shape index (κ3) is 3.28. The average molecular weight is 351 g/mol. The van der Waals surface area contributed by atoms with E-state index in [2.05, 4.69) is 6.58 Å². The van der Waals surface area contributed by atoms with E-state index in [9.17, 15) is 9.59 Å². The molecule has 3 rings (SSSR count). The molecule has 0 bridgehead atoms. The van der Waals surface area contributed by atoms with E-state index in [-0.39, 0.29) is 17.6 Å². The number of benzene rings is 1. The number of Topliss-reactive ketones (excluding diaryl/α,β-unsaturated/α-hetero) is 1. The molecule has 1 saturated heterocycles. The zero-order chi connectivity index (χ0) is 16.6. The van der Waals surface area contributed by atoms with Crippen LogP contribution in [0.5, 0.6) is 0 Å². The van der Waals surface area contributed by atoms with Gasteiger partial charge in [-0.1, -0.05) is 29.8 Å². The molecule has 23 heavy (non-hydrogen) atoms. The van der Waals surface area contributed by atoms with Crippen LogP contribution >= 0.6 is 23.2 Å². The molecule has 1 aromatic carbocycles. The molecule has 120 valence electrons. The second-order valence-electron chi connectivity index (χ2n) is 5.82. The average Bonchev–Trinajstić information content (AvgIpc) is 2.84. The van der Waals surface area contributed by atoms with Crippen molar-refractivity contribution < 1.29 is 9.59 Å². The fourth-order valence-electron chi connectivity index (χ4n) is 2.91. The first-order chi connectivity index (χ1) is 11.0. The molecule has 0 atom stereocenters. The molecule has 1 aliphatic rings. The van der Waals surface area contributed by atoms with Gasteiger partial charge in [0.15, 0.2) is 5.78 Å². The predicted molar refractivity (Wildman–Crippen MR) is 91.8 cm³/mol. The van der Waals surface area contributed by atoms with Gasteiger partial charge in [0.1, 0.15) is 0 Å². The summed E-state index contributed by atoms with van der Waals surface area (Å²) in [6.45, 7) is 5.02. The van der Waals surface area contributed by atoms with Crippen molar-refractivity contribution in [2.45, 2.75) is 13.0 Å². The molecule has 1 fully saturated rings. The highest BCUT2D eigenvalue weighted by Gasteiger charge is 2.30. The Hall–Kier alpha value is -1.78. The van der Waals surface area contributed by atoms with Crippen LogP contribution in [0.25, 0.3) is 10.9 Å². The number of hydrogen-bond acceptors (Lipinski definition) is 2. The van der Waals surface area contributed by atoms with Crippen molar-refractivity contribution in [3.05, 3.63) is 47.1 Å². The lowest BCUT2D eigenvalue weighted by molar-refractivity contribution is -0.134. The SMILES string of the molecule is C=CC(=O)N1CC(CC(=O)Cn2ccc3cc(Cl)c(Cl)cc32)C1. The number of carbonyl (C=O) groups excluding carboxylic acids is 2. The van der Waals surface area contributed by atoms with Crippen molar-refractivity contribution in [2.24, 2.45) is 5.92 Å². The fraction of sp³-hybridized carbons (Fsp3) is 0.294. The van der Waals surface area contributed by atoms with Crippen molar-refractivity contribution in [1.29, 1.82) is 0 Å². The smallest absolute Gasteiger partial charge is 0.245 e. The summed E-state index contributed by atoms with van der Waals surface area (Å²) in [6.07, 6.45) is 3.64. The number of nitrogens with zero attached hydrogens (tertiary/aromatic N) is 2. The summed E-state index contributed by atoms with van der Waals surface area (Å²) in [5, 5.41) is 1.94. The van der Waals surface area contributed by atoms with Gasteiger partial charge in [-0.25, -0.2) is 0 Å². The number of halogens is 2. The van der Waals surface area contributed by atoms with Gasteiger partial charge in [-0.2, -0.15) is 0 Å². The Balaban J connectivity index is 1.62. The normalized spacial score (nSPS) is 14.8. The highest BCUT2D eigenvalue weighted by Crippen LogP contribution is 2.28. The van der Waals surface area contributed by atoms with Crippen molar-refractivity contribution in [3.8, 4) is 0 Å².